The first-order chi connectivity index (χ1) is 15.9. The molecule has 8 heteroatoms. The molecule has 2 aliphatic heterocycles. The summed E-state index contributed by atoms with van der Waals surface area (Å²) in [5.74, 6) is 0.0193. The second-order valence-electron chi connectivity index (χ2n) is 8.75. The molecule has 4 rings (SSSR count). The maximum Gasteiger partial charge on any atom is 0.253 e. The minimum Gasteiger partial charge on any atom is -0.493 e. The summed E-state index contributed by atoms with van der Waals surface area (Å²) in [5, 5.41) is 0.615. The zero-order valence-electron chi connectivity index (χ0n) is 18.5. The van der Waals surface area contributed by atoms with Gasteiger partial charge < -0.3 is 19.3 Å². The summed E-state index contributed by atoms with van der Waals surface area (Å²) in [5.41, 5.74) is -0.236. The van der Waals surface area contributed by atoms with Crippen LogP contribution in [0.5, 0.6) is 5.75 Å². The van der Waals surface area contributed by atoms with Crippen LogP contribution in [0.2, 0.25) is 5.02 Å². The van der Waals surface area contributed by atoms with Crippen molar-refractivity contribution in [1.82, 2.24) is 9.80 Å². The van der Waals surface area contributed by atoms with E-state index in [0.717, 1.165) is 12.8 Å². The van der Waals surface area contributed by atoms with Crippen LogP contribution in [0, 0.1) is 11.2 Å². The largest absolute Gasteiger partial charge is 0.493 e. The Morgan fingerprint density at radius 3 is 2.55 bits per heavy atom. The summed E-state index contributed by atoms with van der Waals surface area (Å²) in [4.78, 5) is 29.8. The molecule has 33 heavy (non-hydrogen) atoms. The lowest BCUT2D eigenvalue weighted by molar-refractivity contribution is -0.139. The number of halogens is 2. The molecule has 0 bridgehead atoms. The molecule has 2 aromatic rings. The van der Waals surface area contributed by atoms with E-state index in [2.05, 4.69) is 0 Å². The van der Waals surface area contributed by atoms with Crippen LogP contribution in [0.3, 0.4) is 0 Å². The van der Waals surface area contributed by atoms with Crippen molar-refractivity contribution >= 4 is 23.4 Å². The lowest BCUT2D eigenvalue weighted by atomic mass is 9.77. The standard InChI is InChI=1S/C25H28ClFN2O4/c26-20-5-7-22(8-6-20)33-18-25(16-23(30)28-11-13-32-14-12-28)9-2-10-29(17-25)24(31)19-3-1-4-21(27)15-19/h1,3-8,15H,2,9-14,16-18H2/t25-/m1/s1. The van der Waals surface area contributed by atoms with Crippen molar-refractivity contribution in [3.05, 3.63) is 64.9 Å². The molecule has 0 N–H and O–H groups in total. The average Bonchev–Trinajstić information content (AvgIpc) is 2.84. The van der Waals surface area contributed by atoms with Gasteiger partial charge in [-0.1, -0.05) is 17.7 Å². The van der Waals surface area contributed by atoms with Gasteiger partial charge in [0, 0.05) is 48.6 Å². The Morgan fingerprint density at radius 1 is 1.06 bits per heavy atom. The fourth-order valence-electron chi connectivity index (χ4n) is 4.51. The number of benzene rings is 2. The van der Waals surface area contributed by atoms with E-state index in [1.165, 1.54) is 18.2 Å². The maximum atomic E-state index is 13.7. The van der Waals surface area contributed by atoms with Crippen molar-refractivity contribution in [3.8, 4) is 5.75 Å². The zero-order valence-corrected chi connectivity index (χ0v) is 19.2. The van der Waals surface area contributed by atoms with Gasteiger partial charge >= 0.3 is 0 Å². The molecule has 0 radical (unpaired) electrons. The second kappa shape index (κ2) is 10.5. The highest BCUT2D eigenvalue weighted by atomic mass is 35.5. The summed E-state index contributed by atoms with van der Waals surface area (Å²) in [6.45, 7) is 3.42. The van der Waals surface area contributed by atoms with Crippen molar-refractivity contribution in [3.63, 3.8) is 0 Å². The fourth-order valence-corrected chi connectivity index (χ4v) is 4.64. The number of hydrogen-bond acceptors (Lipinski definition) is 4. The van der Waals surface area contributed by atoms with Crippen LogP contribution in [0.4, 0.5) is 4.39 Å². The Balaban J connectivity index is 1.53. The van der Waals surface area contributed by atoms with Gasteiger partial charge in [0.25, 0.3) is 5.91 Å². The minimum absolute atomic E-state index is 0.0399. The summed E-state index contributed by atoms with van der Waals surface area (Å²) >= 11 is 5.98. The molecule has 2 saturated heterocycles. The number of nitrogens with zero attached hydrogens (tertiary/aromatic N) is 2. The molecule has 0 unspecified atom stereocenters. The van der Waals surface area contributed by atoms with E-state index < -0.39 is 11.2 Å². The normalized spacial score (nSPS) is 21.0. The molecule has 2 heterocycles. The Morgan fingerprint density at radius 2 is 1.82 bits per heavy atom. The topological polar surface area (TPSA) is 59.1 Å². The highest BCUT2D eigenvalue weighted by Crippen LogP contribution is 2.36. The van der Waals surface area contributed by atoms with Gasteiger partial charge in [-0.15, -0.1) is 0 Å². The number of piperidine rings is 1. The van der Waals surface area contributed by atoms with Gasteiger partial charge in [-0.2, -0.15) is 0 Å². The van der Waals surface area contributed by atoms with Crippen LogP contribution in [0.1, 0.15) is 29.6 Å². The number of likely N-dealkylation sites (tertiary alicyclic amines) is 1. The van der Waals surface area contributed by atoms with Crippen LogP contribution in [0.25, 0.3) is 0 Å². The number of rotatable bonds is 6. The van der Waals surface area contributed by atoms with Gasteiger partial charge in [0.05, 0.1) is 19.8 Å². The molecular formula is C25H28ClFN2O4. The van der Waals surface area contributed by atoms with Crippen molar-refractivity contribution in [2.45, 2.75) is 19.3 Å². The van der Waals surface area contributed by atoms with Crippen molar-refractivity contribution in [2.24, 2.45) is 5.41 Å². The molecule has 176 valence electrons. The quantitative estimate of drug-likeness (QED) is 0.634. The molecule has 0 saturated carbocycles. The Bertz CT molecular complexity index is 981. The van der Waals surface area contributed by atoms with Gasteiger partial charge in [0.1, 0.15) is 11.6 Å². The molecule has 2 aliphatic rings. The first kappa shape index (κ1) is 23.5. The van der Waals surface area contributed by atoms with Gasteiger partial charge in [0.2, 0.25) is 5.91 Å². The van der Waals surface area contributed by atoms with E-state index in [1.54, 1.807) is 35.2 Å². The van der Waals surface area contributed by atoms with Crippen molar-refractivity contribution in [2.75, 3.05) is 46.0 Å². The van der Waals surface area contributed by atoms with Gasteiger partial charge in [0.15, 0.2) is 0 Å². The molecule has 2 amide bonds. The average molecular weight is 475 g/mol. The van der Waals surface area contributed by atoms with E-state index >= 15 is 0 Å². The second-order valence-corrected chi connectivity index (χ2v) is 9.19. The van der Waals surface area contributed by atoms with Crippen LogP contribution in [-0.2, 0) is 9.53 Å². The predicted octanol–water partition coefficient (Wildman–Crippen LogP) is 4.03. The van der Waals surface area contributed by atoms with Crippen molar-refractivity contribution in [1.29, 1.82) is 0 Å². The fraction of sp³-hybridized carbons (Fsp3) is 0.440. The molecule has 6 nitrogen and oxygen atoms in total. The third-order valence-electron chi connectivity index (χ3n) is 6.27. The summed E-state index contributed by atoms with van der Waals surface area (Å²) < 4.78 is 25.2. The van der Waals surface area contributed by atoms with Gasteiger partial charge in [-0.25, -0.2) is 4.39 Å². The van der Waals surface area contributed by atoms with E-state index in [-0.39, 0.29) is 24.8 Å². The Hall–Kier alpha value is -2.64. The molecule has 0 aromatic heterocycles. The monoisotopic (exact) mass is 474 g/mol. The number of carbonyl (C=O) groups excluding carboxylic acids is 2. The summed E-state index contributed by atoms with van der Waals surface area (Å²) in [7, 11) is 0. The van der Waals surface area contributed by atoms with E-state index in [1.807, 2.05) is 4.90 Å². The van der Waals surface area contributed by atoms with E-state index in [4.69, 9.17) is 21.1 Å². The highest BCUT2D eigenvalue weighted by molar-refractivity contribution is 6.30. The van der Waals surface area contributed by atoms with Crippen molar-refractivity contribution < 1.29 is 23.5 Å². The lowest BCUT2D eigenvalue weighted by Crippen LogP contribution is -2.52. The van der Waals surface area contributed by atoms with Gasteiger partial charge in [-0.05, 0) is 55.3 Å². The molecular weight excluding hydrogens is 447 g/mol. The summed E-state index contributed by atoms with van der Waals surface area (Å²) in [6.07, 6.45) is 1.76. The highest BCUT2D eigenvalue weighted by Gasteiger charge is 2.41. The predicted molar refractivity (Wildman–Crippen MR) is 123 cm³/mol. The summed E-state index contributed by atoms with van der Waals surface area (Å²) in [6, 6.07) is 12.8. The van der Waals surface area contributed by atoms with E-state index in [9.17, 15) is 14.0 Å². The minimum atomic E-state index is -0.545. The first-order valence-electron chi connectivity index (χ1n) is 11.2. The first-order valence-corrected chi connectivity index (χ1v) is 11.6. The number of amides is 2. The number of hydrogen-bond donors (Lipinski definition) is 0. The molecule has 0 spiro atoms. The molecule has 2 aromatic carbocycles. The lowest BCUT2D eigenvalue weighted by Gasteiger charge is -2.43. The third kappa shape index (κ3) is 6.03. The van der Waals surface area contributed by atoms with Gasteiger partial charge in [-0.3, -0.25) is 9.59 Å². The van der Waals surface area contributed by atoms with Crippen LogP contribution in [-0.4, -0.2) is 67.6 Å². The van der Waals surface area contributed by atoms with Crippen LogP contribution < -0.4 is 4.74 Å². The molecule has 2 fully saturated rings. The van der Waals surface area contributed by atoms with E-state index in [0.29, 0.717) is 55.7 Å². The Labute approximate surface area is 198 Å². The number of morpholine rings is 1. The third-order valence-corrected chi connectivity index (χ3v) is 6.52. The SMILES string of the molecule is O=C(C[C@]1(COc2ccc(Cl)cc2)CCCN(C(=O)c2cccc(F)c2)C1)N1CCOCC1. The zero-order chi connectivity index (χ0) is 23.3. The van der Waals surface area contributed by atoms with Crippen LogP contribution >= 0.6 is 11.6 Å². The number of carbonyl (C=O) groups is 2. The molecule has 1 atom stereocenters. The maximum absolute atomic E-state index is 13.7. The Kier molecular flexibility index (Phi) is 7.50. The van der Waals surface area contributed by atoms with Crippen LogP contribution in [0.15, 0.2) is 48.5 Å². The number of ether oxygens (including phenoxy) is 2. The molecule has 0 aliphatic carbocycles. The smallest absolute Gasteiger partial charge is 0.253 e.